The molecular weight excluding hydrogens is 362 g/mol. The first kappa shape index (κ1) is 19.6. The maximum atomic E-state index is 5.87. The van der Waals surface area contributed by atoms with Crippen LogP contribution in [0.2, 0.25) is 0 Å². The Morgan fingerprint density at radius 3 is 2.38 bits per heavy atom. The average Bonchev–Trinajstić information content (AvgIpc) is 3.21. The van der Waals surface area contributed by atoms with Crippen LogP contribution in [-0.2, 0) is 19.4 Å². The molecule has 3 aromatic rings. The van der Waals surface area contributed by atoms with Crippen LogP contribution in [0.3, 0.4) is 0 Å². The summed E-state index contributed by atoms with van der Waals surface area (Å²) < 4.78 is 11.1. The molecule has 1 fully saturated rings. The summed E-state index contributed by atoms with van der Waals surface area (Å²) in [4.78, 5) is 2.43. The minimum atomic E-state index is 0.695. The maximum absolute atomic E-state index is 5.87. The summed E-state index contributed by atoms with van der Waals surface area (Å²) in [5.74, 6) is 3.15. The Hall–Kier alpha value is -2.66. The molecule has 5 nitrogen and oxygen atoms in total. The van der Waals surface area contributed by atoms with Crippen molar-refractivity contribution >= 4 is 0 Å². The van der Waals surface area contributed by atoms with Gasteiger partial charge in [0.1, 0.15) is 5.75 Å². The number of ether oxygens (including phenoxy) is 1. The first-order chi connectivity index (χ1) is 14.3. The summed E-state index contributed by atoms with van der Waals surface area (Å²) >= 11 is 0. The largest absolute Gasteiger partial charge is 0.497 e. The smallest absolute Gasteiger partial charge is 0.230 e. The van der Waals surface area contributed by atoms with E-state index in [1.165, 1.54) is 30.4 Å². The van der Waals surface area contributed by atoms with Gasteiger partial charge in [0.05, 0.1) is 20.1 Å². The lowest BCUT2D eigenvalue weighted by molar-refractivity contribution is 0.159. The molecule has 5 heteroatoms. The molecule has 2 heterocycles. The van der Waals surface area contributed by atoms with E-state index in [9.17, 15) is 0 Å². The predicted molar refractivity (Wildman–Crippen MR) is 113 cm³/mol. The Bertz CT molecular complexity index is 869. The fourth-order valence-electron chi connectivity index (χ4n) is 3.98. The molecule has 0 bridgehead atoms. The first-order valence-electron chi connectivity index (χ1n) is 10.5. The van der Waals surface area contributed by atoms with Gasteiger partial charge in [-0.1, -0.05) is 42.5 Å². The van der Waals surface area contributed by atoms with Crippen molar-refractivity contribution in [2.75, 3.05) is 20.2 Å². The second-order valence-electron chi connectivity index (χ2n) is 7.86. The number of methoxy groups -OCH3 is 1. The lowest BCUT2D eigenvalue weighted by Crippen LogP contribution is -2.33. The van der Waals surface area contributed by atoms with Crippen molar-refractivity contribution < 1.29 is 9.15 Å². The molecule has 29 heavy (non-hydrogen) atoms. The summed E-state index contributed by atoms with van der Waals surface area (Å²) in [5.41, 5.74) is 2.59. The summed E-state index contributed by atoms with van der Waals surface area (Å²) in [6.45, 7) is 2.96. The lowest BCUT2D eigenvalue weighted by atomic mass is 9.90. The van der Waals surface area contributed by atoms with Crippen LogP contribution in [-0.4, -0.2) is 35.3 Å². The second-order valence-corrected chi connectivity index (χ2v) is 7.86. The van der Waals surface area contributed by atoms with E-state index in [1.54, 1.807) is 7.11 Å². The van der Waals surface area contributed by atoms with Crippen molar-refractivity contribution in [3.8, 4) is 5.75 Å². The van der Waals surface area contributed by atoms with E-state index in [0.717, 1.165) is 43.6 Å². The van der Waals surface area contributed by atoms with Gasteiger partial charge in [-0.3, -0.25) is 4.90 Å². The maximum Gasteiger partial charge on any atom is 0.230 e. The van der Waals surface area contributed by atoms with E-state index in [4.69, 9.17) is 9.15 Å². The van der Waals surface area contributed by atoms with Crippen molar-refractivity contribution in [2.45, 2.75) is 38.6 Å². The van der Waals surface area contributed by atoms with E-state index < -0.39 is 0 Å². The van der Waals surface area contributed by atoms with Gasteiger partial charge in [-0.15, -0.1) is 10.2 Å². The molecule has 152 valence electrons. The number of hydrogen-bond acceptors (Lipinski definition) is 5. The fraction of sp³-hybridized carbons (Fsp3) is 0.417. The van der Waals surface area contributed by atoms with Gasteiger partial charge < -0.3 is 9.15 Å². The van der Waals surface area contributed by atoms with Gasteiger partial charge in [-0.2, -0.15) is 0 Å². The molecule has 0 spiro atoms. The molecule has 0 atom stereocenters. The number of piperidine rings is 1. The number of aromatic nitrogens is 2. The van der Waals surface area contributed by atoms with Gasteiger partial charge in [0.2, 0.25) is 11.8 Å². The topological polar surface area (TPSA) is 51.4 Å². The second kappa shape index (κ2) is 9.70. The van der Waals surface area contributed by atoms with Crippen LogP contribution < -0.4 is 4.74 Å². The highest BCUT2D eigenvalue weighted by atomic mass is 16.5. The third kappa shape index (κ3) is 5.67. The third-order valence-electron chi connectivity index (χ3n) is 5.77. The number of benzene rings is 2. The predicted octanol–water partition coefficient (Wildman–Crippen LogP) is 4.51. The van der Waals surface area contributed by atoms with Crippen LogP contribution in [0.1, 0.15) is 42.2 Å². The average molecular weight is 392 g/mol. The molecule has 2 aromatic carbocycles. The van der Waals surface area contributed by atoms with E-state index >= 15 is 0 Å². The summed E-state index contributed by atoms with van der Waals surface area (Å²) in [5, 5.41) is 8.46. The molecule has 0 amide bonds. The minimum absolute atomic E-state index is 0.695. The number of hydrogen-bond donors (Lipinski definition) is 0. The molecule has 1 aliphatic rings. The number of nitrogens with zero attached hydrogens (tertiary/aromatic N) is 3. The molecule has 0 saturated carbocycles. The van der Waals surface area contributed by atoms with Gasteiger partial charge in [0.15, 0.2) is 0 Å². The van der Waals surface area contributed by atoms with Crippen molar-refractivity contribution in [3.63, 3.8) is 0 Å². The summed E-state index contributed by atoms with van der Waals surface area (Å²) in [7, 11) is 1.71. The molecular formula is C24H29N3O2. The van der Waals surface area contributed by atoms with Gasteiger partial charge in [0.25, 0.3) is 0 Å². The fourth-order valence-corrected chi connectivity index (χ4v) is 3.98. The highest BCUT2D eigenvalue weighted by Gasteiger charge is 2.21. The molecule has 1 saturated heterocycles. The summed E-state index contributed by atoms with van der Waals surface area (Å²) in [6.07, 6.45) is 5.56. The molecule has 4 rings (SSSR count). The van der Waals surface area contributed by atoms with Gasteiger partial charge in [0, 0.05) is 0 Å². The number of rotatable bonds is 8. The quantitative estimate of drug-likeness (QED) is 0.565. The molecule has 1 aliphatic heterocycles. The minimum Gasteiger partial charge on any atom is -0.497 e. The summed E-state index contributed by atoms with van der Waals surface area (Å²) in [6, 6.07) is 18.7. The van der Waals surface area contributed by atoms with E-state index in [2.05, 4.69) is 39.4 Å². The Kier molecular flexibility index (Phi) is 6.57. The molecule has 0 aliphatic carbocycles. The zero-order chi connectivity index (χ0) is 19.9. The molecule has 0 unspecified atom stereocenters. The van der Waals surface area contributed by atoms with Crippen molar-refractivity contribution in [3.05, 3.63) is 77.5 Å². The monoisotopic (exact) mass is 391 g/mol. The third-order valence-corrected chi connectivity index (χ3v) is 5.77. The standard InChI is InChI=1S/C24H29N3O2/c1-28-22-11-9-19(10-12-22)7-8-20-13-15-27(16-14-20)18-24-26-25-23(29-24)17-21-5-3-2-4-6-21/h2-6,9-12,20H,7-8,13-18H2,1H3. The van der Waals surface area contributed by atoms with E-state index in [0.29, 0.717) is 12.3 Å². The van der Waals surface area contributed by atoms with Crippen LogP contribution in [0.5, 0.6) is 5.75 Å². The Balaban J connectivity index is 1.20. The van der Waals surface area contributed by atoms with Gasteiger partial charge in [-0.25, -0.2) is 0 Å². The normalized spacial score (nSPS) is 15.5. The van der Waals surface area contributed by atoms with Crippen LogP contribution in [0, 0.1) is 5.92 Å². The van der Waals surface area contributed by atoms with Crippen LogP contribution in [0.4, 0.5) is 0 Å². The number of likely N-dealkylation sites (tertiary alicyclic amines) is 1. The molecule has 0 radical (unpaired) electrons. The zero-order valence-electron chi connectivity index (χ0n) is 17.1. The Morgan fingerprint density at radius 2 is 1.66 bits per heavy atom. The van der Waals surface area contributed by atoms with Crippen molar-refractivity contribution in [1.82, 2.24) is 15.1 Å². The van der Waals surface area contributed by atoms with Crippen molar-refractivity contribution in [1.29, 1.82) is 0 Å². The van der Waals surface area contributed by atoms with Gasteiger partial charge in [-0.05, 0) is 68.0 Å². The van der Waals surface area contributed by atoms with E-state index in [1.807, 2.05) is 30.3 Å². The van der Waals surface area contributed by atoms with Gasteiger partial charge >= 0.3 is 0 Å². The highest BCUT2D eigenvalue weighted by molar-refractivity contribution is 5.27. The van der Waals surface area contributed by atoms with E-state index in [-0.39, 0.29) is 0 Å². The van der Waals surface area contributed by atoms with Crippen LogP contribution >= 0.6 is 0 Å². The van der Waals surface area contributed by atoms with Crippen molar-refractivity contribution in [2.24, 2.45) is 5.92 Å². The Labute approximate surface area is 172 Å². The van der Waals surface area contributed by atoms with Crippen LogP contribution in [0.15, 0.2) is 59.0 Å². The SMILES string of the molecule is COc1ccc(CCC2CCN(Cc3nnc(Cc4ccccc4)o3)CC2)cc1. The molecule has 0 N–H and O–H groups in total. The number of aryl methyl sites for hydroxylation is 1. The zero-order valence-corrected chi connectivity index (χ0v) is 17.1. The lowest BCUT2D eigenvalue weighted by Gasteiger charge is -2.31. The molecule has 1 aromatic heterocycles. The van der Waals surface area contributed by atoms with Crippen LogP contribution in [0.25, 0.3) is 0 Å². The first-order valence-corrected chi connectivity index (χ1v) is 10.5. The highest BCUT2D eigenvalue weighted by Crippen LogP contribution is 2.24. The Morgan fingerprint density at radius 1 is 0.931 bits per heavy atom.